The number of hydrogen-bond donors (Lipinski definition) is 1. The molecule has 1 N–H and O–H groups in total. The van der Waals surface area contributed by atoms with E-state index in [1.54, 1.807) is 24.3 Å². The van der Waals surface area contributed by atoms with Gasteiger partial charge in [-0.25, -0.2) is 15.0 Å². The third kappa shape index (κ3) is 1.84. The predicted molar refractivity (Wildman–Crippen MR) is 71.4 cm³/mol. The van der Waals surface area contributed by atoms with E-state index in [0.717, 1.165) is 11.1 Å². The fourth-order valence-electron chi connectivity index (χ4n) is 1.95. The first kappa shape index (κ1) is 12.1. The van der Waals surface area contributed by atoms with E-state index in [1.165, 1.54) is 0 Å². The lowest BCUT2D eigenvalue weighted by Gasteiger charge is -2.02. The van der Waals surface area contributed by atoms with Gasteiger partial charge in [-0.1, -0.05) is 30.3 Å². The quantitative estimate of drug-likeness (QED) is 0.458. The zero-order valence-electron chi connectivity index (χ0n) is 9.73. The molecule has 86 valence electrons. The van der Waals surface area contributed by atoms with Crippen LogP contribution in [-0.4, -0.2) is 5.87 Å². The number of hydrogen-bond acceptors (Lipinski definition) is 2. The van der Waals surface area contributed by atoms with Crippen molar-refractivity contribution in [3.8, 4) is 6.07 Å². The summed E-state index contributed by atoms with van der Waals surface area (Å²) in [6, 6.07) is 9.07. The Morgan fingerprint density at radius 1 is 1.16 bits per heavy atom. The minimum Gasteiger partial charge on any atom is -0.271 e. The first-order valence-electron chi connectivity index (χ1n) is 5.27. The highest BCUT2D eigenvalue weighted by molar-refractivity contribution is 6.05. The van der Waals surface area contributed by atoms with E-state index >= 15 is 0 Å². The second-order valence-corrected chi connectivity index (χ2v) is 3.67. The zero-order chi connectivity index (χ0) is 13.8. The summed E-state index contributed by atoms with van der Waals surface area (Å²) >= 11 is 0. The van der Waals surface area contributed by atoms with Gasteiger partial charge in [-0.3, -0.25) is 5.41 Å². The molecule has 0 radical (unpaired) electrons. The van der Waals surface area contributed by atoms with Crippen LogP contribution in [-0.2, 0) is 0 Å². The Bertz CT molecular complexity index is 782. The van der Waals surface area contributed by atoms with Crippen LogP contribution in [0.3, 0.4) is 0 Å². The van der Waals surface area contributed by atoms with Gasteiger partial charge in [-0.2, -0.15) is 0 Å². The molecule has 1 aliphatic rings. The molecule has 4 heteroatoms. The van der Waals surface area contributed by atoms with Crippen LogP contribution in [0.1, 0.15) is 11.1 Å². The van der Waals surface area contributed by atoms with E-state index < -0.39 is 0 Å². The summed E-state index contributed by atoms with van der Waals surface area (Å²) in [5, 5.41) is 16.1. The Morgan fingerprint density at radius 2 is 1.84 bits per heavy atom. The van der Waals surface area contributed by atoms with Gasteiger partial charge >= 0.3 is 0 Å². The molecular formula is C15H6N4. The van der Waals surface area contributed by atoms with Gasteiger partial charge in [0.15, 0.2) is 0 Å². The molecule has 0 bridgehead atoms. The van der Waals surface area contributed by atoms with Crippen LogP contribution in [0.15, 0.2) is 41.7 Å². The molecule has 0 unspecified atom stereocenters. The van der Waals surface area contributed by atoms with Crippen LogP contribution in [0.5, 0.6) is 0 Å². The second-order valence-electron chi connectivity index (χ2n) is 3.67. The first-order chi connectivity index (χ1) is 9.26. The van der Waals surface area contributed by atoms with Crippen molar-refractivity contribution in [3.05, 3.63) is 75.7 Å². The van der Waals surface area contributed by atoms with E-state index in [9.17, 15) is 0 Å². The Kier molecular flexibility index (Phi) is 3.09. The maximum Gasteiger partial charge on any atom is 0.269 e. The number of allylic oxidation sites excluding steroid dienone is 4. The minimum atomic E-state index is -0.0169. The van der Waals surface area contributed by atoms with E-state index in [4.69, 9.17) is 23.8 Å². The predicted octanol–water partition coefficient (Wildman–Crippen LogP) is 3.29. The molecule has 1 aliphatic carbocycles. The summed E-state index contributed by atoms with van der Waals surface area (Å²) in [5.41, 5.74) is 2.58. The molecule has 0 spiro atoms. The molecule has 0 amide bonds. The van der Waals surface area contributed by atoms with Gasteiger partial charge in [0, 0.05) is 0 Å². The van der Waals surface area contributed by atoms with Crippen molar-refractivity contribution in [1.82, 2.24) is 0 Å². The molecule has 0 aliphatic heterocycles. The molecule has 2 rings (SSSR count). The van der Waals surface area contributed by atoms with Crippen molar-refractivity contribution >= 4 is 17.0 Å². The van der Waals surface area contributed by atoms with Gasteiger partial charge in [0.05, 0.1) is 19.2 Å². The van der Waals surface area contributed by atoms with E-state index in [1.807, 2.05) is 12.1 Å². The maximum absolute atomic E-state index is 8.98. The highest BCUT2D eigenvalue weighted by Crippen LogP contribution is 2.40. The van der Waals surface area contributed by atoms with Crippen LogP contribution < -0.4 is 0 Å². The van der Waals surface area contributed by atoms with Crippen LogP contribution in [0.4, 0.5) is 0 Å². The van der Waals surface area contributed by atoms with Gasteiger partial charge in [0.2, 0.25) is 0 Å². The SMILES string of the molecule is [C-]#[N+]C(=C=N)C1=C/C(=C(\C#N)[N+]#[C-])c2ccccc21. The summed E-state index contributed by atoms with van der Waals surface area (Å²) in [4.78, 5) is 6.45. The smallest absolute Gasteiger partial charge is 0.269 e. The van der Waals surface area contributed by atoms with Gasteiger partial charge < -0.3 is 0 Å². The number of nitriles is 1. The lowest BCUT2D eigenvalue weighted by atomic mass is 10.0. The van der Waals surface area contributed by atoms with Gasteiger partial charge in [-0.15, -0.1) is 0 Å². The number of rotatable bonds is 1. The molecule has 0 fully saturated rings. The highest BCUT2D eigenvalue weighted by atomic mass is 14.7. The molecule has 1 aromatic rings. The first-order valence-corrected chi connectivity index (χ1v) is 5.27. The lowest BCUT2D eigenvalue weighted by Crippen LogP contribution is -1.86. The zero-order valence-corrected chi connectivity index (χ0v) is 9.73. The Hall–Kier alpha value is -3.38. The van der Waals surface area contributed by atoms with Crippen molar-refractivity contribution in [2.45, 2.75) is 0 Å². The molecule has 0 saturated carbocycles. The van der Waals surface area contributed by atoms with Crippen LogP contribution >= 0.6 is 0 Å². The number of benzene rings is 1. The number of nitrogens with zero attached hydrogens (tertiary/aromatic N) is 3. The molecular weight excluding hydrogens is 236 g/mol. The largest absolute Gasteiger partial charge is 0.271 e. The van der Waals surface area contributed by atoms with Gasteiger partial charge in [-0.05, 0) is 28.1 Å². The summed E-state index contributed by atoms with van der Waals surface area (Å²) in [6.07, 6.45) is 1.61. The molecule has 0 heterocycles. The molecule has 4 nitrogen and oxygen atoms in total. The van der Waals surface area contributed by atoms with Crippen LogP contribution in [0, 0.1) is 29.9 Å². The number of nitrogens with one attached hydrogen (secondary N) is 1. The van der Waals surface area contributed by atoms with Crippen LogP contribution in [0.25, 0.3) is 20.8 Å². The number of fused-ring (bicyclic) bond motifs is 1. The van der Waals surface area contributed by atoms with Crippen molar-refractivity contribution in [2.75, 3.05) is 0 Å². The van der Waals surface area contributed by atoms with E-state index in [2.05, 4.69) is 15.6 Å². The van der Waals surface area contributed by atoms with E-state index in [-0.39, 0.29) is 11.4 Å². The summed E-state index contributed by atoms with van der Waals surface area (Å²) in [5.74, 6) is 2.09. The van der Waals surface area contributed by atoms with Crippen molar-refractivity contribution in [3.63, 3.8) is 0 Å². The van der Waals surface area contributed by atoms with Crippen molar-refractivity contribution < 1.29 is 0 Å². The third-order valence-corrected chi connectivity index (χ3v) is 2.75. The Balaban J connectivity index is 2.82. The normalized spacial score (nSPS) is 14.1. The molecule has 19 heavy (non-hydrogen) atoms. The summed E-state index contributed by atoms with van der Waals surface area (Å²) in [6.45, 7) is 14.1. The molecule has 0 aromatic heterocycles. The average molecular weight is 242 g/mol. The van der Waals surface area contributed by atoms with Crippen molar-refractivity contribution in [2.24, 2.45) is 0 Å². The maximum atomic E-state index is 8.98. The second kappa shape index (κ2) is 4.86. The topological polar surface area (TPSA) is 56.4 Å². The summed E-state index contributed by atoms with van der Waals surface area (Å²) < 4.78 is 0. The monoisotopic (exact) mass is 242 g/mol. The average Bonchev–Trinajstić information content (AvgIpc) is 2.82. The molecule has 0 saturated heterocycles. The van der Waals surface area contributed by atoms with Crippen molar-refractivity contribution in [1.29, 1.82) is 10.7 Å². The standard InChI is InChI=1S/C15H6N4/c1-18-14(8-16)12-7-13(15(9-17)19-2)11-6-4-3-5-10(11)12/h3-7,16H/b15-13-. The third-order valence-electron chi connectivity index (χ3n) is 2.75. The summed E-state index contributed by atoms with van der Waals surface area (Å²) in [7, 11) is 0. The Labute approximate surface area is 110 Å². The lowest BCUT2D eigenvalue weighted by molar-refractivity contribution is 1.49. The van der Waals surface area contributed by atoms with Gasteiger partial charge in [0.25, 0.3) is 11.4 Å². The molecule has 1 aromatic carbocycles. The van der Waals surface area contributed by atoms with E-state index in [0.29, 0.717) is 11.1 Å². The fraction of sp³-hybridized carbons (Fsp3) is 0. The van der Waals surface area contributed by atoms with Gasteiger partial charge in [0.1, 0.15) is 0 Å². The Morgan fingerprint density at radius 3 is 2.37 bits per heavy atom. The molecule has 0 atom stereocenters. The highest BCUT2D eigenvalue weighted by Gasteiger charge is 2.23. The van der Waals surface area contributed by atoms with Crippen LogP contribution in [0.2, 0.25) is 0 Å². The minimum absolute atomic E-state index is 0.0169. The fourth-order valence-corrected chi connectivity index (χ4v) is 1.95.